The van der Waals surface area contributed by atoms with Gasteiger partial charge >= 0.3 is 0 Å². The molecule has 0 heterocycles. The topological polar surface area (TPSA) is 50.4 Å². The fourth-order valence-electron chi connectivity index (χ4n) is 2.56. The van der Waals surface area contributed by atoms with Gasteiger partial charge in [0.1, 0.15) is 11.6 Å². The number of rotatable bonds is 4. The first-order valence-corrected chi connectivity index (χ1v) is 7.16. The molecular weight excluding hydrogens is 387 g/mol. The SMILES string of the molecule is I.NC(=NCCc1c(F)cccc1F)NC1CCCCC1. The largest absolute Gasteiger partial charge is 0.370 e. The molecule has 0 radical (unpaired) electrons. The van der Waals surface area contributed by atoms with E-state index in [4.69, 9.17) is 5.73 Å². The zero-order valence-electron chi connectivity index (χ0n) is 11.9. The first kappa shape index (κ1) is 18.1. The minimum atomic E-state index is -0.529. The molecule has 1 aliphatic rings. The summed E-state index contributed by atoms with van der Waals surface area (Å²) >= 11 is 0. The smallest absolute Gasteiger partial charge is 0.188 e. The highest BCUT2D eigenvalue weighted by Crippen LogP contribution is 2.17. The van der Waals surface area contributed by atoms with Gasteiger partial charge in [0.25, 0.3) is 0 Å². The van der Waals surface area contributed by atoms with Crippen LogP contribution in [0.2, 0.25) is 0 Å². The summed E-state index contributed by atoms with van der Waals surface area (Å²) in [6.07, 6.45) is 6.14. The van der Waals surface area contributed by atoms with Crippen molar-refractivity contribution in [3.8, 4) is 0 Å². The van der Waals surface area contributed by atoms with Crippen LogP contribution in [0.15, 0.2) is 23.2 Å². The summed E-state index contributed by atoms with van der Waals surface area (Å²) in [6.45, 7) is 0.281. The van der Waals surface area contributed by atoms with Crippen LogP contribution in [0.25, 0.3) is 0 Å². The number of hydrogen-bond donors (Lipinski definition) is 2. The lowest BCUT2D eigenvalue weighted by Crippen LogP contribution is -2.41. The second-order valence-electron chi connectivity index (χ2n) is 5.20. The molecule has 6 heteroatoms. The molecule has 0 aromatic heterocycles. The Labute approximate surface area is 141 Å². The van der Waals surface area contributed by atoms with Gasteiger partial charge in [0.2, 0.25) is 0 Å². The van der Waals surface area contributed by atoms with Crippen LogP contribution in [0.3, 0.4) is 0 Å². The lowest BCUT2D eigenvalue weighted by molar-refractivity contribution is 0.412. The van der Waals surface area contributed by atoms with Crippen molar-refractivity contribution in [3.63, 3.8) is 0 Å². The Hall–Kier alpha value is -0.920. The number of aliphatic imine (C=N–C) groups is 1. The van der Waals surface area contributed by atoms with Crippen molar-refractivity contribution in [3.05, 3.63) is 35.4 Å². The Morgan fingerprint density at radius 1 is 1.19 bits per heavy atom. The third-order valence-electron chi connectivity index (χ3n) is 3.66. The monoisotopic (exact) mass is 409 g/mol. The highest BCUT2D eigenvalue weighted by atomic mass is 127. The van der Waals surface area contributed by atoms with Gasteiger partial charge < -0.3 is 11.1 Å². The molecule has 0 bridgehead atoms. The van der Waals surface area contributed by atoms with Crippen LogP contribution in [0.5, 0.6) is 0 Å². The Balaban J connectivity index is 0.00000220. The average Bonchev–Trinajstić information content (AvgIpc) is 2.43. The first-order valence-electron chi connectivity index (χ1n) is 7.16. The van der Waals surface area contributed by atoms with E-state index >= 15 is 0 Å². The normalized spacial score (nSPS) is 16.4. The fraction of sp³-hybridized carbons (Fsp3) is 0.533. The van der Waals surface area contributed by atoms with Crippen LogP contribution < -0.4 is 11.1 Å². The van der Waals surface area contributed by atoms with Crippen LogP contribution in [-0.4, -0.2) is 18.5 Å². The van der Waals surface area contributed by atoms with Crippen LogP contribution >= 0.6 is 24.0 Å². The van der Waals surface area contributed by atoms with Crippen molar-refractivity contribution in [2.45, 2.75) is 44.6 Å². The summed E-state index contributed by atoms with van der Waals surface area (Å²) < 4.78 is 26.8. The molecule has 0 unspecified atom stereocenters. The number of halogens is 3. The number of guanidine groups is 1. The highest BCUT2D eigenvalue weighted by molar-refractivity contribution is 14.0. The van der Waals surface area contributed by atoms with Gasteiger partial charge in [-0.1, -0.05) is 25.3 Å². The van der Waals surface area contributed by atoms with Crippen LogP contribution in [0.4, 0.5) is 8.78 Å². The molecule has 1 aromatic carbocycles. The van der Waals surface area contributed by atoms with Gasteiger partial charge in [0, 0.05) is 18.2 Å². The number of hydrogen-bond acceptors (Lipinski definition) is 1. The van der Waals surface area contributed by atoms with Gasteiger partial charge in [-0.25, -0.2) is 8.78 Å². The van der Waals surface area contributed by atoms with E-state index in [0.29, 0.717) is 12.0 Å². The van der Waals surface area contributed by atoms with Crippen molar-refractivity contribution in [1.29, 1.82) is 0 Å². The molecule has 3 nitrogen and oxygen atoms in total. The van der Waals surface area contributed by atoms with Gasteiger partial charge in [-0.15, -0.1) is 24.0 Å². The molecule has 0 aliphatic heterocycles. The summed E-state index contributed by atoms with van der Waals surface area (Å²) in [7, 11) is 0. The second-order valence-corrected chi connectivity index (χ2v) is 5.20. The average molecular weight is 409 g/mol. The van der Waals surface area contributed by atoms with Crippen LogP contribution in [0.1, 0.15) is 37.7 Å². The maximum Gasteiger partial charge on any atom is 0.188 e. The van der Waals surface area contributed by atoms with Crippen molar-refractivity contribution in [1.82, 2.24) is 5.32 Å². The van der Waals surface area contributed by atoms with Gasteiger partial charge in [-0.2, -0.15) is 0 Å². The minimum absolute atomic E-state index is 0. The Morgan fingerprint density at radius 3 is 2.43 bits per heavy atom. The van der Waals surface area contributed by atoms with Crippen molar-refractivity contribution in [2.24, 2.45) is 10.7 Å². The van der Waals surface area contributed by atoms with Gasteiger partial charge in [0.05, 0.1) is 0 Å². The van der Waals surface area contributed by atoms with Gasteiger partial charge in [-0.3, -0.25) is 4.99 Å². The summed E-state index contributed by atoms with van der Waals surface area (Å²) in [5, 5.41) is 3.17. The Bertz CT molecular complexity index is 454. The van der Waals surface area contributed by atoms with E-state index in [1.165, 1.54) is 37.5 Å². The Kier molecular flexibility index (Phi) is 7.92. The molecule has 118 valence electrons. The van der Waals surface area contributed by atoms with Gasteiger partial charge in [-0.05, 0) is 31.4 Å². The fourth-order valence-corrected chi connectivity index (χ4v) is 2.56. The standard InChI is InChI=1S/C15H21F2N3.HI/c16-13-7-4-8-14(17)12(13)9-10-19-15(18)20-11-5-2-1-3-6-11;/h4,7-8,11H,1-3,5-6,9-10H2,(H3,18,19,20);1H. The van der Waals surface area contributed by atoms with E-state index in [0.717, 1.165) is 12.8 Å². The lowest BCUT2D eigenvalue weighted by Gasteiger charge is -2.23. The summed E-state index contributed by atoms with van der Waals surface area (Å²) in [5.41, 5.74) is 5.87. The number of nitrogens with zero attached hydrogens (tertiary/aromatic N) is 1. The van der Waals surface area contributed by atoms with E-state index in [2.05, 4.69) is 10.3 Å². The van der Waals surface area contributed by atoms with E-state index in [-0.39, 0.29) is 42.5 Å². The quantitative estimate of drug-likeness (QED) is 0.455. The molecule has 1 saturated carbocycles. The third-order valence-corrected chi connectivity index (χ3v) is 3.66. The number of nitrogens with two attached hydrogens (primary N) is 1. The zero-order valence-corrected chi connectivity index (χ0v) is 14.3. The predicted molar refractivity (Wildman–Crippen MR) is 92.0 cm³/mol. The summed E-state index contributed by atoms with van der Waals surface area (Å²) in [6, 6.07) is 4.26. The molecule has 3 N–H and O–H groups in total. The highest BCUT2D eigenvalue weighted by Gasteiger charge is 2.13. The van der Waals surface area contributed by atoms with Crippen LogP contribution in [-0.2, 0) is 6.42 Å². The van der Waals surface area contributed by atoms with E-state index in [9.17, 15) is 8.78 Å². The third kappa shape index (κ3) is 5.76. The van der Waals surface area contributed by atoms with E-state index in [1.54, 1.807) is 0 Å². The van der Waals surface area contributed by atoms with E-state index < -0.39 is 11.6 Å². The maximum absolute atomic E-state index is 13.4. The van der Waals surface area contributed by atoms with Crippen molar-refractivity contribution >= 4 is 29.9 Å². The molecule has 21 heavy (non-hydrogen) atoms. The minimum Gasteiger partial charge on any atom is -0.370 e. The summed E-state index contributed by atoms with van der Waals surface area (Å²) in [5.74, 6) is -0.688. The van der Waals surface area contributed by atoms with E-state index in [1.807, 2.05) is 0 Å². The first-order chi connectivity index (χ1) is 9.66. The molecule has 0 atom stereocenters. The molecule has 0 spiro atoms. The molecular formula is C15H22F2IN3. The molecule has 0 amide bonds. The second kappa shape index (κ2) is 9.17. The molecule has 0 saturated heterocycles. The van der Waals surface area contributed by atoms with Crippen molar-refractivity contribution < 1.29 is 8.78 Å². The summed E-state index contributed by atoms with van der Waals surface area (Å²) in [4.78, 5) is 4.15. The zero-order chi connectivity index (χ0) is 14.4. The van der Waals surface area contributed by atoms with Crippen molar-refractivity contribution in [2.75, 3.05) is 6.54 Å². The number of nitrogens with one attached hydrogen (secondary N) is 1. The maximum atomic E-state index is 13.4. The molecule has 1 aliphatic carbocycles. The lowest BCUT2D eigenvalue weighted by atomic mass is 9.96. The molecule has 2 rings (SSSR count). The molecule has 1 aromatic rings. The Morgan fingerprint density at radius 2 is 1.81 bits per heavy atom. The van der Waals surface area contributed by atoms with Crippen LogP contribution in [0, 0.1) is 11.6 Å². The molecule has 1 fully saturated rings. The number of benzene rings is 1. The predicted octanol–water partition coefficient (Wildman–Crippen LogP) is 3.36. The van der Waals surface area contributed by atoms with Gasteiger partial charge in [0.15, 0.2) is 5.96 Å².